The largest absolute Gasteiger partial charge is 0.300 e. The summed E-state index contributed by atoms with van der Waals surface area (Å²) in [5, 5.41) is 0. The summed E-state index contributed by atoms with van der Waals surface area (Å²) in [7, 11) is 2.22. The predicted octanol–water partition coefficient (Wildman–Crippen LogP) is 4.50. The molecular weight excluding hydrogens is 268 g/mol. The summed E-state index contributed by atoms with van der Waals surface area (Å²) in [6.45, 7) is 15.0. The summed E-state index contributed by atoms with van der Waals surface area (Å²) in [6.07, 6.45) is 2.66. The maximum atomic E-state index is 2.63. The van der Waals surface area contributed by atoms with E-state index in [9.17, 15) is 0 Å². The second kappa shape index (κ2) is 7.14. The van der Waals surface area contributed by atoms with E-state index in [0.717, 1.165) is 6.54 Å². The Morgan fingerprint density at radius 2 is 2.00 bits per heavy atom. The van der Waals surface area contributed by atoms with E-state index in [1.807, 2.05) is 0 Å². The number of piperidine rings is 1. The lowest BCUT2D eigenvalue weighted by atomic mass is 9.89. The topological polar surface area (TPSA) is 6.48 Å². The van der Waals surface area contributed by atoms with Gasteiger partial charge >= 0.3 is 0 Å². The molecule has 124 valence electrons. The van der Waals surface area contributed by atoms with Crippen LogP contribution in [0.3, 0.4) is 0 Å². The molecule has 0 spiro atoms. The van der Waals surface area contributed by atoms with Crippen LogP contribution in [0, 0.1) is 0 Å². The van der Waals surface area contributed by atoms with Gasteiger partial charge in [-0.3, -0.25) is 4.90 Å². The second-order valence-electron chi connectivity index (χ2n) is 8.20. The van der Waals surface area contributed by atoms with Crippen LogP contribution < -0.4 is 0 Å². The van der Waals surface area contributed by atoms with Crippen molar-refractivity contribution in [2.24, 2.45) is 0 Å². The Bertz CT molecular complexity index is 473. The zero-order valence-electron chi connectivity index (χ0n) is 15.4. The Hall–Kier alpha value is -0.860. The van der Waals surface area contributed by atoms with Gasteiger partial charge in [0.15, 0.2) is 0 Å². The van der Waals surface area contributed by atoms with E-state index in [2.05, 4.69) is 75.7 Å². The summed E-state index contributed by atoms with van der Waals surface area (Å²) in [4.78, 5) is 5.05. The maximum absolute atomic E-state index is 2.63. The van der Waals surface area contributed by atoms with Crippen molar-refractivity contribution in [2.45, 2.75) is 71.5 Å². The molecule has 1 saturated heterocycles. The molecule has 1 aromatic rings. The molecule has 0 radical (unpaired) electrons. The monoisotopic (exact) mass is 302 g/mol. The van der Waals surface area contributed by atoms with Gasteiger partial charge in [-0.1, -0.05) is 24.3 Å². The Morgan fingerprint density at radius 1 is 1.27 bits per heavy atom. The van der Waals surface area contributed by atoms with Gasteiger partial charge in [0.1, 0.15) is 0 Å². The molecule has 1 unspecified atom stereocenters. The summed E-state index contributed by atoms with van der Waals surface area (Å²) >= 11 is 0. The number of benzene rings is 1. The van der Waals surface area contributed by atoms with Gasteiger partial charge in [-0.15, -0.1) is 0 Å². The van der Waals surface area contributed by atoms with Gasteiger partial charge in [0.25, 0.3) is 0 Å². The van der Waals surface area contributed by atoms with Crippen LogP contribution in [-0.4, -0.2) is 41.5 Å². The van der Waals surface area contributed by atoms with Gasteiger partial charge in [-0.25, -0.2) is 0 Å². The summed E-state index contributed by atoms with van der Waals surface area (Å²) < 4.78 is 0. The predicted molar refractivity (Wildman–Crippen MR) is 96.3 cm³/mol. The molecule has 0 N–H and O–H groups in total. The third-order valence-electron chi connectivity index (χ3n) is 5.17. The number of rotatable bonds is 4. The third-order valence-corrected chi connectivity index (χ3v) is 5.17. The molecular formula is C20H34N2. The van der Waals surface area contributed by atoms with Crippen molar-refractivity contribution in [1.82, 2.24) is 9.80 Å². The lowest BCUT2D eigenvalue weighted by Gasteiger charge is -2.36. The molecule has 1 aromatic carbocycles. The average Bonchev–Trinajstić information content (AvgIpc) is 2.46. The highest BCUT2D eigenvalue weighted by molar-refractivity contribution is 5.27. The van der Waals surface area contributed by atoms with Gasteiger partial charge < -0.3 is 4.90 Å². The van der Waals surface area contributed by atoms with Crippen LogP contribution in [0.25, 0.3) is 0 Å². The molecule has 0 saturated carbocycles. The normalized spacial score (nSPS) is 20.8. The summed E-state index contributed by atoms with van der Waals surface area (Å²) in [5.74, 6) is 0.705. The van der Waals surface area contributed by atoms with Crippen LogP contribution in [0.4, 0.5) is 0 Å². The fourth-order valence-corrected chi connectivity index (χ4v) is 3.20. The van der Waals surface area contributed by atoms with Crippen molar-refractivity contribution in [2.75, 3.05) is 20.1 Å². The van der Waals surface area contributed by atoms with Gasteiger partial charge in [0, 0.05) is 24.7 Å². The van der Waals surface area contributed by atoms with Gasteiger partial charge in [-0.05, 0) is 78.1 Å². The van der Waals surface area contributed by atoms with Crippen LogP contribution in [0.2, 0.25) is 0 Å². The molecule has 1 aliphatic heterocycles. The molecule has 2 rings (SSSR count). The zero-order chi connectivity index (χ0) is 16.3. The van der Waals surface area contributed by atoms with Gasteiger partial charge in [0.05, 0.1) is 0 Å². The van der Waals surface area contributed by atoms with Crippen molar-refractivity contribution < 1.29 is 0 Å². The average molecular weight is 303 g/mol. The van der Waals surface area contributed by atoms with Crippen molar-refractivity contribution in [3.63, 3.8) is 0 Å². The number of hydrogen-bond donors (Lipinski definition) is 0. The van der Waals surface area contributed by atoms with Crippen molar-refractivity contribution >= 4 is 0 Å². The van der Waals surface area contributed by atoms with Crippen molar-refractivity contribution in [3.8, 4) is 0 Å². The van der Waals surface area contributed by atoms with Crippen LogP contribution in [-0.2, 0) is 6.54 Å². The molecule has 0 aliphatic carbocycles. The van der Waals surface area contributed by atoms with E-state index in [4.69, 9.17) is 0 Å². The quantitative estimate of drug-likeness (QED) is 0.807. The summed E-state index contributed by atoms with van der Waals surface area (Å²) in [6, 6.07) is 9.95. The van der Waals surface area contributed by atoms with Crippen LogP contribution in [0.15, 0.2) is 24.3 Å². The number of nitrogens with zero attached hydrogens (tertiary/aromatic N) is 2. The van der Waals surface area contributed by atoms with Crippen LogP contribution in [0.5, 0.6) is 0 Å². The highest BCUT2D eigenvalue weighted by Crippen LogP contribution is 2.29. The lowest BCUT2D eigenvalue weighted by Crippen LogP contribution is -2.39. The van der Waals surface area contributed by atoms with E-state index in [1.54, 1.807) is 0 Å². The van der Waals surface area contributed by atoms with Crippen LogP contribution >= 0.6 is 0 Å². The van der Waals surface area contributed by atoms with Crippen molar-refractivity contribution in [3.05, 3.63) is 35.4 Å². The van der Waals surface area contributed by atoms with E-state index in [-0.39, 0.29) is 5.54 Å². The molecule has 1 atom stereocenters. The fraction of sp³-hybridized carbons (Fsp3) is 0.700. The van der Waals surface area contributed by atoms with E-state index in [0.29, 0.717) is 12.0 Å². The molecule has 0 amide bonds. The van der Waals surface area contributed by atoms with Crippen LogP contribution in [0.1, 0.15) is 64.5 Å². The van der Waals surface area contributed by atoms with E-state index >= 15 is 0 Å². The fourth-order valence-electron chi connectivity index (χ4n) is 3.20. The molecule has 22 heavy (non-hydrogen) atoms. The minimum absolute atomic E-state index is 0.218. The lowest BCUT2D eigenvalue weighted by molar-refractivity contribution is 0.165. The van der Waals surface area contributed by atoms with Gasteiger partial charge in [0.2, 0.25) is 0 Å². The Labute approximate surface area is 137 Å². The highest BCUT2D eigenvalue weighted by atomic mass is 15.2. The molecule has 2 heteroatoms. The number of hydrogen-bond acceptors (Lipinski definition) is 2. The second-order valence-corrected chi connectivity index (χ2v) is 8.20. The van der Waals surface area contributed by atoms with Crippen molar-refractivity contribution in [1.29, 1.82) is 0 Å². The molecule has 0 aromatic heterocycles. The first-order valence-electron chi connectivity index (χ1n) is 8.81. The number of likely N-dealkylation sites (tertiary alicyclic amines) is 1. The minimum Gasteiger partial charge on any atom is -0.300 e. The molecule has 0 bridgehead atoms. The Kier molecular flexibility index (Phi) is 5.68. The maximum Gasteiger partial charge on any atom is 0.0235 e. The summed E-state index contributed by atoms with van der Waals surface area (Å²) in [5.41, 5.74) is 3.19. The first kappa shape index (κ1) is 17.5. The SMILES string of the molecule is CC(C)N1CCCC(c2cccc(CN(C)C(C)(C)C)c2)C1. The molecule has 2 nitrogen and oxygen atoms in total. The molecule has 1 heterocycles. The highest BCUT2D eigenvalue weighted by Gasteiger charge is 2.23. The molecule has 1 aliphatic rings. The molecule has 1 fully saturated rings. The Balaban J connectivity index is 2.08. The smallest absolute Gasteiger partial charge is 0.0235 e. The first-order valence-corrected chi connectivity index (χ1v) is 8.81. The standard InChI is InChI=1S/C20H34N2/c1-16(2)22-12-8-11-19(15-22)18-10-7-9-17(13-18)14-21(6)20(3,4)5/h7,9-10,13,16,19H,8,11-12,14-15H2,1-6H3. The Morgan fingerprint density at radius 3 is 2.64 bits per heavy atom. The van der Waals surface area contributed by atoms with E-state index in [1.165, 1.54) is 37.1 Å². The zero-order valence-corrected chi connectivity index (χ0v) is 15.4. The third kappa shape index (κ3) is 4.57. The van der Waals surface area contributed by atoms with Gasteiger partial charge in [-0.2, -0.15) is 0 Å². The first-order chi connectivity index (χ1) is 10.3. The van der Waals surface area contributed by atoms with E-state index < -0.39 is 0 Å². The minimum atomic E-state index is 0.218.